The molecule has 0 saturated heterocycles. The maximum Gasteiger partial charge on any atom is 0.0692 e. The Kier molecular flexibility index (Phi) is 9.96. The van der Waals surface area contributed by atoms with Gasteiger partial charge in [-0.05, 0) is 32.6 Å². The second kappa shape index (κ2) is 10.2. The first-order chi connectivity index (χ1) is 7.16. The summed E-state index contributed by atoms with van der Waals surface area (Å²) in [7, 11) is 0. The van der Waals surface area contributed by atoms with Crippen molar-refractivity contribution in [2.75, 3.05) is 0 Å². The molecule has 0 aromatic rings. The quantitative estimate of drug-likeness (QED) is 0.457. The Morgan fingerprint density at radius 2 is 1.73 bits per heavy atom. The minimum absolute atomic E-state index is 0.128. The number of hydrogen-bond donors (Lipinski definition) is 2. The first-order valence-electron chi connectivity index (χ1n) is 6.19. The van der Waals surface area contributed by atoms with Crippen LogP contribution in [0, 0.1) is 0 Å². The van der Waals surface area contributed by atoms with Gasteiger partial charge in [-0.3, -0.25) is 0 Å². The van der Waals surface area contributed by atoms with Crippen LogP contribution in [0.15, 0.2) is 12.2 Å². The fourth-order valence-corrected chi connectivity index (χ4v) is 1.54. The Morgan fingerprint density at radius 3 is 2.33 bits per heavy atom. The van der Waals surface area contributed by atoms with Gasteiger partial charge in [-0.2, -0.15) is 0 Å². The highest BCUT2D eigenvalue weighted by Crippen LogP contribution is 2.09. The predicted molar refractivity (Wildman–Crippen MR) is 64.8 cm³/mol. The summed E-state index contributed by atoms with van der Waals surface area (Å²) < 4.78 is 0. The molecule has 0 saturated carbocycles. The van der Waals surface area contributed by atoms with Crippen LogP contribution in [-0.4, -0.2) is 22.4 Å². The van der Waals surface area contributed by atoms with Gasteiger partial charge in [0.1, 0.15) is 0 Å². The van der Waals surface area contributed by atoms with Crippen LogP contribution in [0.3, 0.4) is 0 Å². The Hall–Kier alpha value is -0.340. The van der Waals surface area contributed by atoms with Crippen LogP contribution in [0.2, 0.25) is 0 Å². The van der Waals surface area contributed by atoms with Crippen LogP contribution in [0.25, 0.3) is 0 Å². The van der Waals surface area contributed by atoms with E-state index in [9.17, 15) is 5.11 Å². The predicted octanol–water partition coefficient (Wildman–Crippen LogP) is 3.03. The van der Waals surface area contributed by atoms with Crippen LogP contribution < -0.4 is 0 Å². The van der Waals surface area contributed by atoms with Crippen LogP contribution in [0.4, 0.5) is 0 Å². The summed E-state index contributed by atoms with van der Waals surface area (Å²) in [5.74, 6) is 0. The zero-order chi connectivity index (χ0) is 11.5. The van der Waals surface area contributed by atoms with Gasteiger partial charge < -0.3 is 10.2 Å². The van der Waals surface area contributed by atoms with Gasteiger partial charge in [0, 0.05) is 0 Å². The molecule has 0 bridgehead atoms. The molecule has 0 spiro atoms. The molecule has 2 atom stereocenters. The van der Waals surface area contributed by atoms with Gasteiger partial charge in [-0.1, -0.05) is 38.3 Å². The molecule has 0 aromatic carbocycles. The zero-order valence-electron chi connectivity index (χ0n) is 10.2. The Morgan fingerprint density at radius 1 is 1.07 bits per heavy atom. The number of aliphatic hydroxyl groups excluding tert-OH is 2. The normalized spacial score (nSPS) is 15.7. The van der Waals surface area contributed by atoms with Gasteiger partial charge in [-0.25, -0.2) is 0 Å². The second-order valence-electron chi connectivity index (χ2n) is 4.25. The van der Waals surface area contributed by atoms with Crippen molar-refractivity contribution in [2.45, 2.75) is 71.0 Å². The van der Waals surface area contributed by atoms with Gasteiger partial charge in [0.05, 0.1) is 12.2 Å². The van der Waals surface area contributed by atoms with Crippen LogP contribution in [0.5, 0.6) is 0 Å². The molecule has 0 aliphatic carbocycles. The van der Waals surface area contributed by atoms with Crippen molar-refractivity contribution in [2.24, 2.45) is 0 Å². The third-order valence-electron chi connectivity index (χ3n) is 2.46. The summed E-state index contributed by atoms with van der Waals surface area (Å²) in [6, 6.07) is 0. The number of rotatable bonds is 9. The van der Waals surface area contributed by atoms with E-state index < -0.39 is 0 Å². The van der Waals surface area contributed by atoms with E-state index in [1.807, 2.05) is 6.08 Å². The fraction of sp³-hybridized carbons (Fsp3) is 0.846. The molecule has 0 rings (SSSR count). The van der Waals surface area contributed by atoms with E-state index in [1.165, 1.54) is 12.8 Å². The molecule has 0 amide bonds. The van der Waals surface area contributed by atoms with Gasteiger partial charge in [-0.15, -0.1) is 0 Å². The minimum atomic E-state index is -0.348. The van der Waals surface area contributed by atoms with E-state index in [2.05, 4.69) is 6.92 Å². The maximum absolute atomic E-state index is 9.61. The summed E-state index contributed by atoms with van der Waals surface area (Å²) in [4.78, 5) is 0. The molecule has 0 fully saturated rings. The molecule has 0 radical (unpaired) electrons. The Bertz CT molecular complexity index is 153. The highest BCUT2D eigenvalue weighted by molar-refractivity contribution is 4.86. The number of hydrogen-bond acceptors (Lipinski definition) is 2. The van der Waals surface area contributed by atoms with Crippen molar-refractivity contribution < 1.29 is 10.2 Å². The topological polar surface area (TPSA) is 40.5 Å². The fourth-order valence-electron chi connectivity index (χ4n) is 1.54. The molecule has 0 aliphatic rings. The number of allylic oxidation sites excluding steroid dienone is 1. The van der Waals surface area contributed by atoms with Crippen LogP contribution >= 0.6 is 0 Å². The van der Waals surface area contributed by atoms with E-state index in [0.717, 1.165) is 32.1 Å². The average molecular weight is 214 g/mol. The van der Waals surface area contributed by atoms with Crippen molar-refractivity contribution in [3.63, 3.8) is 0 Å². The van der Waals surface area contributed by atoms with Crippen LogP contribution in [-0.2, 0) is 0 Å². The van der Waals surface area contributed by atoms with Crippen molar-refractivity contribution >= 4 is 0 Å². The highest BCUT2D eigenvalue weighted by atomic mass is 16.3. The van der Waals surface area contributed by atoms with Gasteiger partial charge in [0.25, 0.3) is 0 Å². The van der Waals surface area contributed by atoms with Crippen molar-refractivity contribution in [3.05, 3.63) is 12.2 Å². The standard InChI is InChI=1S/C13H26O2/c1-3-4-6-10-13(15)11-8-5-7-9-12(2)14/h7,9,12-15H,3-6,8,10-11H2,1-2H3/b9-7+. The lowest BCUT2D eigenvalue weighted by atomic mass is 10.1. The summed E-state index contributed by atoms with van der Waals surface area (Å²) in [6.07, 6.45) is 10.7. The van der Waals surface area contributed by atoms with Gasteiger partial charge in [0.2, 0.25) is 0 Å². The van der Waals surface area contributed by atoms with E-state index in [1.54, 1.807) is 13.0 Å². The summed E-state index contributed by atoms with van der Waals surface area (Å²) in [5, 5.41) is 18.6. The van der Waals surface area contributed by atoms with Crippen molar-refractivity contribution in [1.82, 2.24) is 0 Å². The number of aliphatic hydroxyl groups is 2. The smallest absolute Gasteiger partial charge is 0.0692 e. The molecule has 2 heteroatoms. The van der Waals surface area contributed by atoms with Gasteiger partial charge in [0.15, 0.2) is 0 Å². The van der Waals surface area contributed by atoms with Crippen molar-refractivity contribution in [3.8, 4) is 0 Å². The number of unbranched alkanes of at least 4 members (excludes halogenated alkanes) is 3. The monoisotopic (exact) mass is 214 g/mol. The van der Waals surface area contributed by atoms with E-state index in [0.29, 0.717) is 0 Å². The largest absolute Gasteiger partial charge is 0.393 e. The second-order valence-corrected chi connectivity index (χ2v) is 4.25. The molecule has 2 unspecified atom stereocenters. The molecule has 2 N–H and O–H groups in total. The highest BCUT2D eigenvalue weighted by Gasteiger charge is 2.02. The summed E-state index contributed by atoms with van der Waals surface area (Å²) in [5.41, 5.74) is 0. The van der Waals surface area contributed by atoms with Gasteiger partial charge >= 0.3 is 0 Å². The minimum Gasteiger partial charge on any atom is -0.393 e. The summed E-state index contributed by atoms with van der Waals surface area (Å²) in [6.45, 7) is 3.92. The first-order valence-corrected chi connectivity index (χ1v) is 6.19. The molecule has 0 heterocycles. The Balaban J connectivity index is 3.27. The van der Waals surface area contributed by atoms with Crippen LogP contribution in [0.1, 0.15) is 58.8 Å². The van der Waals surface area contributed by atoms with E-state index in [4.69, 9.17) is 5.11 Å². The Labute approximate surface area is 94.0 Å². The molecule has 0 aromatic heterocycles. The van der Waals surface area contributed by atoms with E-state index in [-0.39, 0.29) is 12.2 Å². The first kappa shape index (κ1) is 14.7. The third kappa shape index (κ3) is 11.6. The molecular formula is C13H26O2. The lowest BCUT2D eigenvalue weighted by Gasteiger charge is -2.08. The maximum atomic E-state index is 9.61. The molecular weight excluding hydrogens is 188 g/mol. The van der Waals surface area contributed by atoms with E-state index >= 15 is 0 Å². The lowest BCUT2D eigenvalue weighted by molar-refractivity contribution is 0.149. The third-order valence-corrected chi connectivity index (χ3v) is 2.46. The lowest BCUT2D eigenvalue weighted by Crippen LogP contribution is -2.05. The molecule has 2 nitrogen and oxygen atoms in total. The molecule has 90 valence electrons. The summed E-state index contributed by atoms with van der Waals surface area (Å²) >= 11 is 0. The molecule has 0 aliphatic heterocycles. The zero-order valence-corrected chi connectivity index (χ0v) is 10.2. The van der Waals surface area contributed by atoms with Crippen molar-refractivity contribution in [1.29, 1.82) is 0 Å². The SMILES string of the molecule is CCCCCC(O)CCC/C=C/C(C)O. The average Bonchev–Trinajstić information content (AvgIpc) is 2.17. The molecule has 15 heavy (non-hydrogen) atoms.